The predicted molar refractivity (Wildman–Crippen MR) is 116 cm³/mol. The third-order valence-corrected chi connectivity index (χ3v) is 7.64. The quantitative estimate of drug-likeness (QED) is 0.615. The summed E-state index contributed by atoms with van der Waals surface area (Å²) in [5.41, 5.74) is 0.645. The van der Waals surface area contributed by atoms with Crippen molar-refractivity contribution in [2.75, 3.05) is 33.4 Å². The summed E-state index contributed by atoms with van der Waals surface area (Å²) in [7, 11) is -2.26. The first-order valence-corrected chi connectivity index (χ1v) is 12.0. The molecule has 0 N–H and O–H groups in total. The van der Waals surface area contributed by atoms with Crippen LogP contribution in [0.25, 0.3) is 6.08 Å². The van der Waals surface area contributed by atoms with Crippen LogP contribution in [0.2, 0.25) is 0 Å². The molecule has 1 heterocycles. The molecule has 1 aromatic rings. The monoisotopic (exact) mass is 436 g/mol. The fourth-order valence-corrected chi connectivity index (χ4v) is 5.82. The zero-order valence-corrected chi connectivity index (χ0v) is 18.9. The SMILES string of the molecule is COc1ccc(C=CC(=O)N(C(C)C)C2CCCC2)cc1S(=O)(=O)N1CCOCC1. The highest BCUT2D eigenvalue weighted by atomic mass is 32.2. The number of methoxy groups -OCH3 is 1. The standard InChI is InChI=1S/C22H32N2O5S/c1-17(2)24(19-6-4-5-7-19)22(25)11-9-18-8-10-20(28-3)21(16-18)30(26,27)23-12-14-29-15-13-23/h8-11,16-17,19H,4-7,12-15H2,1-3H3. The van der Waals surface area contributed by atoms with Gasteiger partial charge in [-0.05, 0) is 50.5 Å². The molecule has 8 heteroatoms. The Kier molecular flexibility index (Phi) is 7.55. The van der Waals surface area contributed by atoms with Gasteiger partial charge in [-0.2, -0.15) is 4.31 Å². The lowest BCUT2D eigenvalue weighted by Gasteiger charge is -2.31. The van der Waals surface area contributed by atoms with E-state index in [0.717, 1.165) is 25.7 Å². The third kappa shape index (κ3) is 5.04. The molecule has 2 fully saturated rings. The average molecular weight is 437 g/mol. The van der Waals surface area contributed by atoms with E-state index in [-0.39, 0.29) is 22.9 Å². The van der Waals surface area contributed by atoms with Gasteiger partial charge in [-0.1, -0.05) is 18.9 Å². The van der Waals surface area contributed by atoms with Gasteiger partial charge >= 0.3 is 0 Å². The smallest absolute Gasteiger partial charge is 0.247 e. The van der Waals surface area contributed by atoms with E-state index in [0.29, 0.717) is 37.6 Å². The Hall–Kier alpha value is -1.90. The molecule has 1 saturated heterocycles. The molecule has 1 aliphatic carbocycles. The summed E-state index contributed by atoms with van der Waals surface area (Å²) >= 11 is 0. The number of hydrogen-bond donors (Lipinski definition) is 0. The van der Waals surface area contributed by atoms with Crippen molar-refractivity contribution in [2.24, 2.45) is 0 Å². The first kappa shape index (κ1) is 22.8. The van der Waals surface area contributed by atoms with Crippen LogP contribution in [0.4, 0.5) is 0 Å². The number of sulfonamides is 1. The van der Waals surface area contributed by atoms with Crippen LogP contribution in [-0.2, 0) is 19.6 Å². The van der Waals surface area contributed by atoms with Gasteiger partial charge in [0, 0.05) is 31.2 Å². The van der Waals surface area contributed by atoms with Crippen molar-refractivity contribution in [1.82, 2.24) is 9.21 Å². The third-order valence-electron chi connectivity index (χ3n) is 5.72. The van der Waals surface area contributed by atoms with Crippen LogP contribution in [0.3, 0.4) is 0 Å². The van der Waals surface area contributed by atoms with Crippen molar-refractivity contribution >= 4 is 22.0 Å². The minimum atomic E-state index is -3.71. The molecule has 1 amide bonds. The van der Waals surface area contributed by atoms with Crippen LogP contribution in [0.5, 0.6) is 5.75 Å². The number of nitrogens with zero attached hydrogens (tertiary/aromatic N) is 2. The first-order valence-electron chi connectivity index (χ1n) is 10.6. The lowest BCUT2D eigenvalue weighted by atomic mass is 10.1. The minimum absolute atomic E-state index is 0.0368. The zero-order valence-electron chi connectivity index (χ0n) is 18.0. The van der Waals surface area contributed by atoms with Crippen molar-refractivity contribution in [2.45, 2.75) is 56.5 Å². The highest BCUT2D eigenvalue weighted by molar-refractivity contribution is 7.89. The Balaban J connectivity index is 1.84. The maximum absolute atomic E-state index is 13.1. The van der Waals surface area contributed by atoms with Crippen molar-refractivity contribution < 1.29 is 22.7 Å². The number of carbonyl (C=O) groups is 1. The number of carbonyl (C=O) groups excluding carboxylic acids is 1. The number of ether oxygens (including phenoxy) is 2. The summed E-state index contributed by atoms with van der Waals surface area (Å²) < 4.78 is 38.2. The Morgan fingerprint density at radius 3 is 2.50 bits per heavy atom. The van der Waals surface area contributed by atoms with E-state index in [2.05, 4.69) is 0 Å². The van der Waals surface area contributed by atoms with Crippen LogP contribution in [-0.4, -0.2) is 69.0 Å². The summed E-state index contributed by atoms with van der Waals surface area (Å²) in [6, 6.07) is 5.38. The van der Waals surface area contributed by atoms with Gasteiger partial charge in [0.1, 0.15) is 10.6 Å². The van der Waals surface area contributed by atoms with Gasteiger partial charge in [0.2, 0.25) is 15.9 Å². The van der Waals surface area contributed by atoms with Gasteiger partial charge < -0.3 is 14.4 Å². The molecular formula is C22H32N2O5S. The van der Waals surface area contributed by atoms with E-state index < -0.39 is 10.0 Å². The summed E-state index contributed by atoms with van der Waals surface area (Å²) in [4.78, 5) is 14.9. The minimum Gasteiger partial charge on any atom is -0.495 e. The molecule has 2 aliphatic rings. The van der Waals surface area contributed by atoms with E-state index in [1.807, 2.05) is 18.7 Å². The molecule has 0 radical (unpaired) electrons. The number of hydrogen-bond acceptors (Lipinski definition) is 5. The van der Waals surface area contributed by atoms with Crippen LogP contribution in [0.1, 0.15) is 45.1 Å². The number of amides is 1. The second kappa shape index (κ2) is 9.94. The van der Waals surface area contributed by atoms with Crippen LogP contribution in [0.15, 0.2) is 29.2 Å². The second-order valence-electron chi connectivity index (χ2n) is 8.04. The van der Waals surface area contributed by atoms with Gasteiger partial charge in [0.25, 0.3) is 0 Å². The van der Waals surface area contributed by atoms with E-state index in [4.69, 9.17) is 9.47 Å². The van der Waals surface area contributed by atoms with Gasteiger partial charge in [0.15, 0.2) is 0 Å². The molecule has 7 nitrogen and oxygen atoms in total. The van der Waals surface area contributed by atoms with Gasteiger partial charge in [0.05, 0.1) is 20.3 Å². The number of rotatable bonds is 7. The van der Waals surface area contributed by atoms with Gasteiger partial charge in [-0.25, -0.2) is 8.42 Å². The Bertz CT molecular complexity index is 870. The number of morpholine rings is 1. The second-order valence-corrected chi connectivity index (χ2v) is 9.94. The fraction of sp³-hybridized carbons (Fsp3) is 0.591. The van der Waals surface area contributed by atoms with Gasteiger partial charge in [-0.3, -0.25) is 4.79 Å². The Morgan fingerprint density at radius 2 is 1.90 bits per heavy atom. The van der Waals surface area contributed by atoms with Crippen molar-refractivity contribution in [1.29, 1.82) is 0 Å². The van der Waals surface area contributed by atoms with E-state index in [1.165, 1.54) is 11.4 Å². The molecular weight excluding hydrogens is 404 g/mol. The molecule has 1 aliphatic heterocycles. The molecule has 30 heavy (non-hydrogen) atoms. The summed E-state index contributed by atoms with van der Waals surface area (Å²) in [5, 5.41) is 0. The molecule has 0 unspecified atom stereocenters. The van der Waals surface area contributed by atoms with Crippen LogP contribution >= 0.6 is 0 Å². The van der Waals surface area contributed by atoms with Crippen molar-refractivity contribution in [3.8, 4) is 5.75 Å². The normalized spacial score (nSPS) is 18.9. The first-order chi connectivity index (χ1) is 14.3. The molecule has 166 valence electrons. The predicted octanol–water partition coefficient (Wildman–Crippen LogP) is 2.91. The fourth-order valence-electron chi connectivity index (χ4n) is 4.22. The molecule has 1 aromatic carbocycles. The van der Waals surface area contributed by atoms with Crippen molar-refractivity contribution in [3.63, 3.8) is 0 Å². The van der Waals surface area contributed by atoms with Crippen molar-refractivity contribution in [3.05, 3.63) is 29.8 Å². The lowest BCUT2D eigenvalue weighted by Crippen LogP contribution is -2.42. The highest BCUT2D eigenvalue weighted by Crippen LogP contribution is 2.29. The summed E-state index contributed by atoms with van der Waals surface area (Å²) in [6.07, 6.45) is 7.64. The molecule has 0 spiro atoms. The Morgan fingerprint density at radius 1 is 1.23 bits per heavy atom. The largest absolute Gasteiger partial charge is 0.495 e. The van der Waals surface area contributed by atoms with E-state index in [1.54, 1.807) is 30.4 Å². The summed E-state index contributed by atoms with van der Waals surface area (Å²) in [6.45, 7) is 5.45. The zero-order chi connectivity index (χ0) is 21.7. The highest BCUT2D eigenvalue weighted by Gasteiger charge is 2.30. The maximum Gasteiger partial charge on any atom is 0.247 e. The van der Waals surface area contributed by atoms with Crippen LogP contribution in [0, 0.1) is 0 Å². The number of benzene rings is 1. The van der Waals surface area contributed by atoms with Crippen LogP contribution < -0.4 is 4.74 Å². The lowest BCUT2D eigenvalue weighted by molar-refractivity contribution is -0.130. The van der Waals surface area contributed by atoms with E-state index in [9.17, 15) is 13.2 Å². The molecule has 0 bridgehead atoms. The molecule has 0 atom stereocenters. The average Bonchev–Trinajstić information content (AvgIpc) is 3.26. The molecule has 3 rings (SSSR count). The topological polar surface area (TPSA) is 76.2 Å². The van der Waals surface area contributed by atoms with Gasteiger partial charge in [-0.15, -0.1) is 0 Å². The Labute approximate surface area is 179 Å². The summed E-state index contributed by atoms with van der Waals surface area (Å²) in [5.74, 6) is 0.255. The maximum atomic E-state index is 13.1. The molecule has 1 saturated carbocycles. The van der Waals surface area contributed by atoms with E-state index >= 15 is 0 Å². The molecule has 0 aromatic heterocycles.